The summed E-state index contributed by atoms with van der Waals surface area (Å²) in [5, 5.41) is 0. The van der Waals surface area contributed by atoms with Crippen molar-refractivity contribution in [2.45, 2.75) is 13.1 Å². The first kappa shape index (κ1) is 12.8. The Labute approximate surface area is 95.4 Å². The molecule has 0 aliphatic carbocycles. The van der Waals surface area contributed by atoms with Crippen LogP contribution in [0.4, 0.5) is 0 Å². The number of carbonyl (C=O) groups excluding carboxylic acids is 1. The van der Waals surface area contributed by atoms with E-state index in [2.05, 4.69) is 4.52 Å². The first-order valence-electron chi connectivity index (χ1n) is 4.92. The van der Waals surface area contributed by atoms with Crippen molar-refractivity contribution in [3.63, 3.8) is 0 Å². The van der Waals surface area contributed by atoms with E-state index < -0.39 is 8.03 Å². The van der Waals surface area contributed by atoms with E-state index in [9.17, 15) is 9.36 Å². The van der Waals surface area contributed by atoms with Gasteiger partial charge < -0.3 is 4.74 Å². The summed E-state index contributed by atoms with van der Waals surface area (Å²) in [6, 6.07) is 6.81. The smallest absolute Gasteiger partial charge is 0.462 e. The lowest BCUT2D eigenvalue weighted by molar-refractivity contribution is 0.0526. The van der Waals surface area contributed by atoms with Gasteiger partial charge in [-0.05, 0) is 23.6 Å². The molecule has 0 amide bonds. The maximum absolute atomic E-state index is 11.3. The number of hydrogen-bond acceptors (Lipinski definition) is 4. The average Bonchev–Trinajstić information content (AvgIpc) is 2.30. The quantitative estimate of drug-likeness (QED) is 0.587. The van der Waals surface area contributed by atoms with E-state index in [0.717, 1.165) is 5.56 Å². The molecule has 1 unspecified atom stereocenters. The standard InChI is InChI=1S/C11H14O4P/c1-3-15-11(12)10-6-4-9(5-7-10)8-16(13)14-2/h4-7H,3,8H2,1-2H3/q+1. The number of hydrogen-bond donors (Lipinski definition) is 0. The summed E-state index contributed by atoms with van der Waals surface area (Å²) in [4.78, 5) is 11.3. The molecule has 0 bridgehead atoms. The van der Waals surface area contributed by atoms with E-state index in [-0.39, 0.29) is 5.97 Å². The minimum absolute atomic E-state index is 0.342. The molecule has 86 valence electrons. The van der Waals surface area contributed by atoms with E-state index in [1.165, 1.54) is 7.11 Å². The molecule has 1 rings (SSSR count). The first-order valence-corrected chi connectivity index (χ1v) is 6.28. The molecular weight excluding hydrogens is 227 g/mol. The van der Waals surface area contributed by atoms with E-state index in [1.54, 1.807) is 31.2 Å². The predicted octanol–water partition coefficient (Wildman–Crippen LogP) is 2.75. The third-order valence-electron chi connectivity index (χ3n) is 1.98. The summed E-state index contributed by atoms with van der Waals surface area (Å²) >= 11 is 0. The molecule has 0 aromatic heterocycles. The molecule has 1 aromatic rings. The van der Waals surface area contributed by atoms with Gasteiger partial charge in [0, 0.05) is 5.56 Å². The van der Waals surface area contributed by atoms with Gasteiger partial charge in [0.25, 0.3) is 0 Å². The summed E-state index contributed by atoms with van der Waals surface area (Å²) < 4.78 is 20.7. The van der Waals surface area contributed by atoms with Crippen molar-refractivity contribution >= 4 is 14.0 Å². The molecule has 0 saturated carbocycles. The molecule has 0 fully saturated rings. The number of rotatable bonds is 5. The van der Waals surface area contributed by atoms with Crippen LogP contribution in [0.2, 0.25) is 0 Å². The summed E-state index contributed by atoms with van der Waals surface area (Å²) in [5.41, 5.74) is 1.37. The van der Waals surface area contributed by atoms with Gasteiger partial charge in [0.05, 0.1) is 19.3 Å². The van der Waals surface area contributed by atoms with Crippen molar-refractivity contribution in [1.82, 2.24) is 0 Å². The Morgan fingerprint density at radius 1 is 1.31 bits per heavy atom. The monoisotopic (exact) mass is 241 g/mol. The van der Waals surface area contributed by atoms with Gasteiger partial charge in [0.2, 0.25) is 6.16 Å². The van der Waals surface area contributed by atoms with Gasteiger partial charge in [0.1, 0.15) is 0 Å². The second kappa shape index (κ2) is 6.36. The largest absolute Gasteiger partial charge is 0.512 e. The lowest BCUT2D eigenvalue weighted by atomic mass is 10.1. The second-order valence-electron chi connectivity index (χ2n) is 3.09. The zero-order valence-corrected chi connectivity index (χ0v) is 10.2. The zero-order valence-electron chi connectivity index (χ0n) is 9.30. The van der Waals surface area contributed by atoms with Crippen LogP contribution in [-0.2, 0) is 20.0 Å². The molecule has 1 atom stereocenters. The molecule has 0 saturated heterocycles. The topological polar surface area (TPSA) is 52.6 Å². The van der Waals surface area contributed by atoms with Crippen LogP contribution in [0.3, 0.4) is 0 Å². The minimum atomic E-state index is -1.65. The van der Waals surface area contributed by atoms with Crippen molar-refractivity contribution < 1.29 is 18.6 Å². The van der Waals surface area contributed by atoms with Crippen molar-refractivity contribution in [2.24, 2.45) is 0 Å². The molecule has 0 aliphatic rings. The molecule has 0 N–H and O–H groups in total. The SMILES string of the molecule is CCOC(=O)c1ccc(C[P+](=O)OC)cc1. The Morgan fingerprint density at radius 2 is 1.94 bits per heavy atom. The van der Waals surface area contributed by atoms with Crippen molar-refractivity contribution in [3.05, 3.63) is 35.4 Å². The van der Waals surface area contributed by atoms with Gasteiger partial charge in [-0.15, -0.1) is 4.52 Å². The number of benzene rings is 1. The molecule has 0 spiro atoms. The van der Waals surface area contributed by atoms with E-state index >= 15 is 0 Å². The maximum Gasteiger partial charge on any atom is 0.512 e. The van der Waals surface area contributed by atoms with Crippen molar-refractivity contribution in [2.75, 3.05) is 13.7 Å². The number of ether oxygens (including phenoxy) is 1. The average molecular weight is 241 g/mol. The highest BCUT2D eigenvalue weighted by Crippen LogP contribution is 2.26. The van der Waals surface area contributed by atoms with Crippen LogP contribution in [0, 0.1) is 0 Å². The van der Waals surface area contributed by atoms with Crippen molar-refractivity contribution in [3.8, 4) is 0 Å². The molecule has 0 radical (unpaired) electrons. The fourth-order valence-electron chi connectivity index (χ4n) is 1.17. The van der Waals surface area contributed by atoms with Gasteiger partial charge in [-0.1, -0.05) is 12.1 Å². The summed E-state index contributed by atoms with van der Waals surface area (Å²) in [5.74, 6) is -0.342. The van der Waals surface area contributed by atoms with Crippen LogP contribution in [0.15, 0.2) is 24.3 Å². The van der Waals surface area contributed by atoms with Crippen LogP contribution in [-0.4, -0.2) is 19.7 Å². The Hall–Kier alpha value is -1.25. The van der Waals surface area contributed by atoms with Crippen molar-refractivity contribution in [1.29, 1.82) is 0 Å². The number of carbonyl (C=O) groups is 1. The van der Waals surface area contributed by atoms with Gasteiger partial charge >= 0.3 is 14.0 Å². The highest BCUT2D eigenvalue weighted by molar-refractivity contribution is 7.38. The fourth-order valence-corrected chi connectivity index (χ4v) is 1.81. The first-order chi connectivity index (χ1) is 7.67. The second-order valence-corrected chi connectivity index (χ2v) is 4.44. The Balaban J connectivity index is 2.67. The lowest BCUT2D eigenvalue weighted by Gasteiger charge is -2.01. The molecule has 5 heteroatoms. The highest BCUT2D eigenvalue weighted by Gasteiger charge is 2.15. The minimum Gasteiger partial charge on any atom is -0.462 e. The van der Waals surface area contributed by atoms with Crippen LogP contribution >= 0.6 is 8.03 Å². The van der Waals surface area contributed by atoms with Gasteiger partial charge in [-0.2, -0.15) is 0 Å². The van der Waals surface area contributed by atoms with E-state index in [1.807, 2.05) is 0 Å². The van der Waals surface area contributed by atoms with Crippen LogP contribution in [0.1, 0.15) is 22.8 Å². The van der Waals surface area contributed by atoms with E-state index in [4.69, 9.17) is 4.74 Å². The zero-order chi connectivity index (χ0) is 12.0. The summed E-state index contributed by atoms with van der Waals surface area (Å²) in [6.45, 7) is 2.12. The Kier molecular flexibility index (Phi) is 5.09. The van der Waals surface area contributed by atoms with E-state index in [0.29, 0.717) is 18.3 Å². The van der Waals surface area contributed by atoms with Crippen LogP contribution in [0.25, 0.3) is 0 Å². The molecule has 0 heterocycles. The van der Waals surface area contributed by atoms with Gasteiger partial charge in [0.15, 0.2) is 0 Å². The predicted molar refractivity (Wildman–Crippen MR) is 60.7 cm³/mol. The molecule has 16 heavy (non-hydrogen) atoms. The Morgan fingerprint density at radius 3 is 2.44 bits per heavy atom. The summed E-state index contributed by atoms with van der Waals surface area (Å²) in [6.07, 6.45) is 0.356. The highest BCUT2D eigenvalue weighted by atomic mass is 31.1. The number of esters is 1. The van der Waals surface area contributed by atoms with Gasteiger partial charge in [-0.3, -0.25) is 0 Å². The normalized spacial score (nSPS) is 11.0. The molecule has 4 nitrogen and oxygen atoms in total. The Bertz CT molecular complexity index is 372. The summed E-state index contributed by atoms with van der Waals surface area (Å²) in [7, 11) is -0.244. The van der Waals surface area contributed by atoms with Crippen LogP contribution < -0.4 is 0 Å². The maximum atomic E-state index is 11.3. The van der Waals surface area contributed by atoms with Gasteiger partial charge in [-0.25, -0.2) is 4.79 Å². The lowest BCUT2D eigenvalue weighted by Crippen LogP contribution is -2.04. The van der Waals surface area contributed by atoms with Crippen LogP contribution in [0.5, 0.6) is 0 Å². The third-order valence-corrected chi connectivity index (χ3v) is 3.01. The third kappa shape index (κ3) is 3.72. The molecular formula is C11H14O4P+. The fraction of sp³-hybridized carbons (Fsp3) is 0.364. The molecule has 0 aliphatic heterocycles. The molecule has 1 aromatic carbocycles.